The first-order chi connectivity index (χ1) is 10.0. The second kappa shape index (κ2) is 5.69. The van der Waals surface area contributed by atoms with Crippen molar-refractivity contribution in [1.29, 1.82) is 0 Å². The van der Waals surface area contributed by atoms with Crippen molar-refractivity contribution in [2.24, 2.45) is 5.16 Å². The van der Waals surface area contributed by atoms with E-state index in [1.807, 2.05) is 13.8 Å². The molecule has 0 saturated carbocycles. The number of hydrogen-bond acceptors (Lipinski definition) is 6. The predicted octanol–water partition coefficient (Wildman–Crippen LogP) is 2.87. The second-order valence-electron chi connectivity index (χ2n) is 5.58. The van der Waals surface area contributed by atoms with Crippen molar-refractivity contribution in [3.63, 3.8) is 0 Å². The molecule has 0 radical (unpaired) electrons. The zero-order chi connectivity index (χ0) is 15.0. The third-order valence-corrected chi connectivity index (χ3v) is 4.91. The number of fused-ring (bicyclic) bond motifs is 1. The Bertz CT molecular complexity index is 707. The lowest BCUT2D eigenvalue weighted by atomic mass is 10.1. The number of aromatic nitrogens is 2. The van der Waals surface area contributed by atoms with Crippen LogP contribution in [0.2, 0.25) is 0 Å². The maximum Gasteiger partial charge on any atom is 0.145 e. The maximum absolute atomic E-state index is 5.33. The number of nitrogens with zero attached hydrogens (tertiary/aromatic N) is 3. The van der Waals surface area contributed by atoms with Crippen molar-refractivity contribution in [3.8, 4) is 0 Å². The van der Waals surface area contributed by atoms with Crippen LogP contribution in [0.3, 0.4) is 0 Å². The van der Waals surface area contributed by atoms with Crippen molar-refractivity contribution < 1.29 is 4.84 Å². The van der Waals surface area contributed by atoms with E-state index in [-0.39, 0.29) is 6.10 Å². The Labute approximate surface area is 128 Å². The molecular weight excluding hydrogens is 284 g/mol. The predicted molar refractivity (Wildman–Crippen MR) is 85.9 cm³/mol. The summed E-state index contributed by atoms with van der Waals surface area (Å²) < 4.78 is 0. The second-order valence-corrected chi connectivity index (χ2v) is 6.66. The lowest BCUT2D eigenvalue weighted by Crippen LogP contribution is -2.26. The fraction of sp³-hybridized carbons (Fsp3) is 0.533. The van der Waals surface area contributed by atoms with Gasteiger partial charge in [0, 0.05) is 35.5 Å². The van der Waals surface area contributed by atoms with Gasteiger partial charge in [0.05, 0.1) is 5.71 Å². The minimum Gasteiger partial charge on any atom is -0.391 e. The number of rotatable bonds is 4. The fourth-order valence-electron chi connectivity index (χ4n) is 2.71. The Morgan fingerprint density at radius 1 is 1.24 bits per heavy atom. The Balaban J connectivity index is 1.70. The van der Waals surface area contributed by atoms with E-state index < -0.39 is 0 Å². The lowest BCUT2D eigenvalue weighted by Gasteiger charge is -2.09. The van der Waals surface area contributed by atoms with Crippen LogP contribution in [0.5, 0.6) is 0 Å². The first-order valence-corrected chi connectivity index (χ1v) is 7.99. The van der Waals surface area contributed by atoms with E-state index in [4.69, 9.17) is 4.84 Å². The van der Waals surface area contributed by atoms with Crippen molar-refractivity contribution in [2.75, 3.05) is 6.54 Å². The molecule has 5 nitrogen and oxygen atoms in total. The van der Waals surface area contributed by atoms with Crippen LogP contribution in [0, 0.1) is 20.8 Å². The van der Waals surface area contributed by atoms with E-state index in [1.54, 1.807) is 11.3 Å². The highest BCUT2D eigenvalue weighted by atomic mass is 32.1. The summed E-state index contributed by atoms with van der Waals surface area (Å²) in [5.74, 6) is 0.840. The first-order valence-electron chi connectivity index (χ1n) is 7.18. The summed E-state index contributed by atoms with van der Waals surface area (Å²) in [5, 5.41) is 8.65. The molecule has 1 unspecified atom stereocenters. The number of aryl methyl sites for hydroxylation is 3. The first kappa shape index (κ1) is 14.4. The SMILES string of the molecule is CC1=NOC(CNCc2sc3nc(C)nc(C)c3c2C)C1. The Kier molecular flexibility index (Phi) is 3.91. The molecule has 0 spiro atoms. The zero-order valence-corrected chi connectivity index (χ0v) is 13.7. The normalized spacial score (nSPS) is 18.1. The van der Waals surface area contributed by atoms with Crippen LogP contribution in [-0.4, -0.2) is 28.3 Å². The summed E-state index contributed by atoms with van der Waals surface area (Å²) in [6, 6.07) is 0. The highest BCUT2D eigenvalue weighted by Crippen LogP contribution is 2.31. The molecule has 0 aliphatic carbocycles. The van der Waals surface area contributed by atoms with Gasteiger partial charge in [0.1, 0.15) is 16.8 Å². The van der Waals surface area contributed by atoms with Crippen LogP contribution in [0.4, 0.5) is 0 Å². The monoisotopic (exact) mass is 304 g/mol. The van der Waals surface area contributed by atoms with Gasteiger partial charge in [0.25, 0.3) is 0 Å². The van der Waals surface area contributed by atoms with E-state index in [1.165, 1.54) is 15.8 Å². The van der Waals surface area contributed by atoms with Gasteiger partial charge in [-0.3, -0.25) is 0 Å². The molecule has 0 bridgehead atoms. The van der Waals surface area contributed by atoms with Gasteiger partial charge in [-0.2, -0.15) is 0 Å². The molecule has 3 rings (SSSR count). The van der Waals surface area contributed by atoms with Crippen molar-refractivity contribution in [3.05, 3.63) is 22.0 Å². The molecular formula is C15H20N4OS. The highest BCUT2D eigenvalue weighted by molar-refractivity contribution is 7.18. The Morgan fingerprint density at radius 2 is 2.05 bits per heavy atom. The van der Waals surface area contributed by atoms with Gasteiger partial charge in [0.15, 0.2) is 0 Å². The van der Waals surface area contributed by atoms with Crippen molar-refractivity contribution in [2.45, 2.75) is 46.8 Å². The van der Waals surface area contributed by atoms with Crippen LogP contribution in [0.25, 0.3) is 10.2 Å². The van der Waals surface area contributed by atoms with Crippen LogP contribution < -0.4 is 5.32 Å². The van der Waals surface area contributed by atoms with Crippen LogP contribution in [-0.2, 0) is 11.4 Å². The molecule has 0 saturated heterocycles. The average Bonchev–Trinajstić information content (AvgIpc) is 2.94. The zero-order valence-electron chi connectivity index (χ0n) is 12.9. The molecule has 1 atom stereocenters. The largest absolute Gasteiger partial charge is 0.391 e. The Hall–Kier alpha value is -1.53. The van der Waals surface area contributed by atoms with Gasteiger partial charge >= 0.3 is 0 Å². The third-order valence-electron chi connectivity index (χ3n) is 3.72. The van der Waals surface area contributed by atoms with E-state index in [0.29, 0.717) is 0 Å². The topological polar surface area (TPSA) is 59.4 Å². The standard InChI is InChI=1S/C15H20N4OS/c1-8-5-12(20-19-8)6-16-7-13-9(2)14-10(3)17-11(4)18-15(14)21-13/h12,16H,5-7H2,1-4H3. The quantitative estimate of drug-likeness (QED) is 0.943. The molecule has 21 heavy (non-hydrogen) atoms. The molecule has 0 amide bonds. The highest BCUT2D eigenvalue weighted by Gasteiger charge is 2.18. The summed E-state index contributed by atoms with van der Waals surface area (Å²) in [6.45, 7) is 9.81. The van der Waals surface area contributed by atoms with Crippen molar-refractivity contribution in [1.82, 2.24) is 15.3 Å². The molecule has 2 aromatic heterocycles. The molecule has 1 N–H and O–H groups in total. The van der Waals surface area contributed by atoms with Gasteiger partial charge < -0.3 is 10.2 Å². The minimum absolute atomic E-state index is 0.170. The fourth-order valence-corrected chi connectivity index (χ4v) is 3.96. The van der Waals surface area contributed by atoms with E-state index in [0.717, 1.165) is 41.6 Å². The Morgan fingerprint density at radius 3 is 2.76 bits per heavy atom. The lowest BCUT2D eigenvalue weighted by molar-refractivity contribution is 0.0849. The summed E-state index contributed by atoms with van der Waals surface area (Å²) in [5.41, 5.74) is 3.43. The third kappa shape index (κ3) is 2.91. The molecule has 6 heteroatoms. The molecule has 112 valence electrons. The van der Waals surface area contributed by atoms with Crippen LogP contribution in [0.15, 0.2) is 5.16 Å². The minimum atomic E-state index is 0.170. The number of hydrogen-bond donors (Lipinski definition) is 1. The molecule has 1 aliphatic rings. The number of oxime groups is 1. The summed E-state index contributed by atoms with van der Waals surface area (Å²) >= 11 is 1.75. The van der Waals surface area contributed by atoms with Gasteiger partial charge in [0.2, 0.25) is 0 Å². The van der Waals surface area contributed by atoms with Gasteiger partial charge in [-0.1, -0.05) is 5.16 Å². The van der Waals surface area contributed by atoms with E-state index >= 15 is 0 Å². The molecule has 2 aromatic rings. The summed E-state index contributed by atoms with van der Waals surface area (Å²) in [4.78, 5) is 16.8. The number of thiophene rings is 1. The van der Waals surface area contributed by atoms with Crippen LogP contribution >= 0.6 is 11.3 Å². The number of nitrogens with one attached hydrogen (secondary N) is 1. The van der Waals surface area contributed by atoms with Gasteiger partial charge in [-0.25, -0.2) is 9.97 Å². The molecule has 3 heterocycles. The molecule has 0 aromatic carbocycles. The molecule has 0 fully saturated rings. The summed E-state index contributed by atoms with van der Waals surface area (Å²) in [7, 11) is 0. The van der Waals surface area contributed by atoms with Gasteiger partial charge in [-0.05, 0) is 33.3 Å². The summed E-state index contributed by atoms with van der Waals surface area (Å²) in [6.07, 6.45) is 1.09. The smallest absolute Gasteiger partial charge is 0.145 e. The molecule has 1 aliphatic heterocycles. The van der Waals surface area contributed by atoms with Gasteiger partial charge in [-0.15, -0.1) is 11.3 Å². The van der Waals surface area contributed by atoms with Crippen LogP contribution in [0.1, 0.15) is 35.3 Å². The van der Waals surface area contributed by atoms with E-state index in [9.17, 15) is 0 Å². The maximum atomic E-state index is 5.33. The average molecular weight is 304 g/mol. The van der Waals surface area contributed by atoms with E-state index in [2.05, 4.69) is 34.3 Å². The van der Waals surface area contributed by atoms with Crippen molar-refractivity contribution >= 4 is 27.3 Å².